The van der Waals surface area contributed by atoms with Crippen molar-refractivity contribution < 1.29 is 69.6 Å². The maximum absolute atomic E-state index is 16.4. The fourth-order valence-electron chi connectivity index (χ4n) is 7.26. The number of rotatable bonds is 10. The molecule has 0 saturated heterocycles. The predicted octanol–water partition coefficient (Wildman–Crippen LogP) is 8.43. The van der Waals surface area contributed by atoms with Gasteiger partial charge < -0.3 is 3.79 Å². The normalized spacial score (nSPS) is 12.7. The van der Waals surface area contributed by atoms with Gasteiger partial charge in [-0.25, -0.2) is 65.9 Å². The van der Waals surface area contributed by atoms with Gasteiger partial charge in [0.15, 0.2) is 52.4 Å². The summed E-state index contributed by atoms with van der Waals surface area (Å²) in [4.78, 5) is 0. The van der Waals surface area contributed by atoms with E-state index >= 15 is 52.7 Å². The zero-order valence-electron chi connectivity index (χ0n) is 31.5. The summed E-state index contributed by atoms with van der Waals surface area (Å²) in [5.41, 5.74) is -9.27. The maximum atomic E-state index is 16.4. The molecule has 1 nitrogen and oxygen atoms in total. The van der Waals surface area contributed by atoms with Gasteiger partial charge in [-0.3, -0.25) is 0 Å². The average molecular weight is 862 g/mol. The minimum atomic E-state index is -5.93. The van der Waals surface area contributed by atoms with E-state index in [1.165, 1.54) is 0 Å². The monoisotopic (exact) mass is 861 g/mol. The highest BCUT2D eigenvalue weighted by Gasteiger charge is 2.50. The van der Waals surface area contributed by atoms with Gasteiger partial charge in [-0.15, -0.1) is 16.4 Å². The molecule has 304 valence electrons. The summed E-state index contributed by atoms with van der Waals surface area (Å²) in [6, 6.07) is 1.46. The van der Waals surface area contributed by atoms with Gasteiger partial charge in [0.2, 0.25) is 0 Å². The Balaban J connectivity index is 2.65. The first kappa shape index (κ1) is 45.4. The highest BCUT2D eigenvalue weighted by Crippen LogP contribution is 2.31. The van der Waals surface area contributed by atoms with E-state index in [9.17, 15) is 13.2 Å². The first-order chi connectivity index (χ1) is 25.5. The van der Waals surface area contributed by atoms with Gasteiger partial charge in [0.05, 0.1) is 21.9 Å². The molecule has 0 heterocycles. The molecule has 0 saturated carbocycles. The van der Waals surface area contributed by atoms with Crippen molar-refractivity contribution in [3.8, 4) is 5.75 Å². The zero-order valence-corrected chi connectivity index (χ0v) is 34.7. The Morgan fingerprint density at radius 2 is 0.625 bits per heavy atom. The lowest BCUT2D eigenvalue weighted by Crippen LogP contribution is -2.80. The highest BCUT2D eigenvalue weighted by atomic mass is 28.3. The summed E-state index contributed by atoms with van der Waals surface area (Å²) in [6.07, 6.45) is -5.93. The van der Waals surface area contributed by atoms with Gasteiger partial charge in [-0.2, -0.15) is 5.46 Å². The number of benzene rings is 4. The number of halogens is 15. The van der Waals surface area contributed by atoms with Crippen LogP contribution < -0.4 is 36.0 Å². The van der Waals surface area contributed by atoms with Crippen molar-refractivity contribution >= 4 is 69.0 Å². The average Bonchev–Trinajstić information content (AvgIpc) is 3.10. The third-order valence-electron chi connectivity index (χ3n) is 9.83. The molecule has 0 amide bonds. The van der Waals surface area contributed by atoms with Crippen molar-refractivity contribution in [2.75, 3.05) is 0 Å². The molecule has 20 heteroatoms. The van der Waals surface area contributed by atoms with Crippen LogP contribution >= 0.6 is 0 Å². The Labute approximate surface area is 319 Å². The Morgan fingerprint density at radius 3 is 0.821 bits per heavy atom. The third-order valence-corrected chi connectivity index (χ3v) is 16.9. The molecule has 0 aliphatic heterocycles. The van der Waals surface area contributed by atoms with Crippen molar-refractivity contribution in [1.82, 2.24) is 0 Å². The quantitative estimate of drug-likeness (QED) is 0.0674. The summed E-state index contributed by atoms with van der Waals surface area (Å²) >= 11 is -2.38. The predicted molar refractivity (Wildman–Crippen MR) is 192 cm³/mol. The van der Waals surface area contributed by atoms with Crippen LogP contribution in [0.15, 0.2) is 12.1 Å². The first-order valence-corrected chi connectivity index (χ1v) is 25.9. The number of hydrogen-bond acceptors (Lipinski definition) is 1. The molecule has 0 radical (unpaired) electrons. The molecule has 0 N–H and O–H groups in total. The molecule has 0 unspecified atom stereocenters. The Bertz CT molecular complexity index is 1960. The van der Waals surface area contributed by atoms with Crippen molar-refractivity contribution in [1.29, 1.82) is 0 Å². The molecule has 0 aliphatic rings. The van der Waals surface area contributed by atoms with Gasteiger partial charge in [-0.05, 0) is 19.9 Å². The fourth-order valence-corrected chi connectivity index (χ4v) is 13.2. The van der Waals surface area contributed by atoms with Gasteiger partial charge >= 0.3 is 14.5 Å². The van der Waals surface area contributed by atoms with Crippen LogP contribution in [0.25, 0.3) is 0 Å². The molecule has 0 aliphatic carbocycles. The van der Waals surface area contributed by atoms with Gasteiger partial charge in [-0.1, -0.05) is 79.1 Å². The lowest BCUT2D eigenvalue weighted by Gasteiger charge is -2.46. The SMILES string of the molecule is C[CH](C)[Al]([O]c1c([Si](C)(C)C)cc([B-](c2c(F)c(F)c(F)c(F)c2F)(c2c(F)c(F)c(F)c(F)c2F)c2c(F)c(F)c(F)c(F)c2F)cc1[Si](C)(C)C)[CH](C)C. The lowest BCUT2D eigenvalue weighted by atomic mass is 9.12. The van der Waals surface area contributed by atoms with Crippen LogP contribution in [0, 0.1) is 87.3 Å². The Morgan fingerprint density at radius 1 is 0.411 bits per heavy atom. The van der Waals surface area contributed by atoms with Crippen LogP contribution in [0.2, 0.25) is 48.8 Å². The molecule has 4 aromatic rings. The van der Waals surface area contributed by atoms with Gasteiger partial charge in [0, 0.05) is 0 Å². The van der Waals surface area contributed by atoms with E-state index in [0.29, 0.717) is 0 Å². The van der Waals surface area contributed by atoms with Crippen LogP contribution in [-0.4, -0.2) is 36.8 Å². The molecule has 0 spiro atoms. The molecule has 56 heavy (non-hydrogen) atoms. The summed E-state index contributed by atoms with van der Waals surface area (Å²) in [5, 5.41) is -0.0109. The molecule has 0 bridgehead atoms. The van der Waals surface area contributed by atoms with E-state index in [-0.39, 0.29) is 25.7 Å². The van der Waals surface area contributed by atoms with E-state index in [1.807, 2.05) is 27.7 Å². The minimum Gasteiger partial charge on any atom is -0.642 e. The second-order valence-electron chi connectivity index (χ2n) is 16.3. The van der Waals surface area contributed by atoms with E-state index in [1.54, 1.807) is 39.3 Å². The maximum Gasteiger partial charge on any atom is 0.552 e. The molecule has 0 aromatic heterocycles. The summed E-state index contributed by atoms with van der Waals surface area (Å²) in [7, 11) is -6.34. The molecule has 4 aromatic carbocycles. The van der Waals surface area contributed by atoms with Crippen molar-refractivity contribution in [2.45, 2.75) is 76.5 Å². The van der Waals surface area contributed by atoms with Crippen LogP contribution in [-0.2, 0) is 0 Å². The zero-order chi connectivity index (χ0) is 43.1. The molecule has 4 rings (SSSR count). The van der Waals surface area contributed by atoms with Crippen LogP contribution in [0.3, 0.4) is 0 Å². The smallest absolute Gasteiger partial charge is 0.552 e. The second-order valence-corrected chi connectivity index (χ2v) is 30.2. The van der Waals surface area contributed by atoms with E-state index in [2.05, 4.69) is 0 Å². The van der Waals surface area contributed by atoms with Crippen molar-refractivity contribution in [3.05, 3.63) is 99.4 Å². The highest BCUT2D eigenvalue weighted by molar-refractivity contribution is 7.20. The van der Waals surface area contributed by atoms with Gasteiger partial charge in [0.25, 0.3) is 0 Å². The largest absolute Gasteiger partial charge is 0.642 e. The molecular weight excluding hydrogens is 827 g/mol. The van der Waals surface area contributed by atoms with E-state index < -0.39 is 146 Å². The van der Waals surface area contributed by atoms with Crippen molar-refractivity contribution in [2.24, 2.45) is 0 Å². The minimum absolute atomic E-state index is 0.00547. The molecule has 0 atom stereocenters. The van der Waals surface area contributed by atoms with Crippen LogP contribution in [0.1, 0.15) is 27.7 Å². The van der Waals surface area contributed by atoms with Gasteiger partial charge in [0.1, 0.15) is 41.0 Å². The standard InChI is InChI=1S/C30H21BF15OSi2.2C3H7.Al/c1-48(2,3)10-7-9(8-11(30(10)47)49(4,5)6)31(12-15(32)21(38)27(44)22(39)16(12)33,13-17(34)23(40)28(45)24(41)18(13)35)14-19(36)25(42)29(46)26(43)20(14)37;2*1-3-2;/h7-8,47H,1-6H3;2*3H,1-2H3;/q-1;;;+1/p-1. The Hall–Kier alpha value is -3.34. The lowest BCUT2D eigenvalue weighted by molar-refractivity contribution is 0.380. The van der Waals surface area contributed by atoms with E-state index in [0.717, 1.165) is 12.1 Å². The summed E-state index contributed by atoms with van der Waals surface area (Å²) in [5.74, 6) is -45.2. The topological polar surface area (TPSA) is 9.23 Å². The first-order valence-electron chi connectivity index (χ1n) is 17.1. The third kappa shape index (κ3) is 7.10. The number of hydrogen-bond donors (Lipinski definition) is 0. The molecule has 0 fully saturated rings. The van der Waals surface area contributed by atoms with Crippen LogP contribution in [0.5, 0.6) is 5.75 Å². The summed E-state index contributed by atoms with van der Waals surface area (Å²) < 4.78 is 241. The van der Waals surface area contributed by atoms with Crippen molar-refractivity contribution in [3.63, 3.8) is 0 Å². The fraction of sp³-hybridized carbons (Fsp3) is 0.333. The van der Waals surface area contributed by atoms with E-state index in [4.69, 9.17) is 3.79 Å². The van der Waals surface area contributed by atoms with Crippen LogP contribution in [0.4, 0.5) is 65.9 Å². The second kappa shape index (κ2) is 15.4. The Kier molecular flexibility index (Phi) is 12.5. The summed E-state index contributed by atoms with van der Waals surface area (Å²) in [6.45, 7) is 17.0. The molecular formula is C36H34AlBF15OSi2-.